The lowest BCUT2D eigenvalue weighted by Crippen LogP contribution is -3.12. The second kappa shape index (κ2) is 9.09. The van der Waals surface area contributed by atoms with E-state index in [1.807, 2.05) is 53.1 Å². The van der Waals surface area contributed by atoms with Gasteiger partial charge < -0.3 is 14.7 Å². The first-order valence-electron chi connectivity index (χ1n) is 10.4. The van der Waals surface area contributed by atoms with E-state index in [1.54, 1.807) is 7.11 Å². The predicted molar refractivity (Wildman–Crippen MR) is 114 cm³/mol. The predicted octanol–water partition coefficient (Wildman–Crippen LogP) is 3.23. The molecule has 0 atom stereocenters. The Hall–Kier alpha value is -3.19. The van der Waals surface area contributed by atoms with Crippen LogP contribution in [0, 0.1) is 0 Å². The molecule has 0 saturated carbocycles. The molecule has 3 aromatic rings. The number of amides is 1. The number of aromatic hydroxyl groups is 1. The highest BCUT2D eigenvalue weighted by molar-refractivity contribution is 5.95. The number of ether oxygens (including phenoxy) is 1. The van der Waals surface area contributed by atoms with Crippen molar-refractivity contribution in [3.8, 4) is 11.6 Å². The standard InChI is InChI=1S/C23H26N4O3/c1-30-18-11-9-17(10-12-18)15-21(28)24-25-22-19-7-3-4-8-20(19)27(23(22)29)16-26-13-5-2-6-14-26/h3-4,7-12,29H,2,5-6,13-16H2,1H3/p+1. The summed E-state index contributed by atoms with van der Waals surface area (Å²) in [5.74, 6) is 0.440. The Morgan fingerprint density at radius 2 is 1.83 bits per heavy atom. The molecule has 0 radical (unpaired) electrons. The number of benzene rings is 2. The molecule has 1 fully saturated rings. The molecule has 2 heterocycles. The number of aromatic nitrogens is 1. The lowest BCUT2D eigenvalue weighted by Gasteiger charge is -2.24. The number of nitrogens with zero attached hydrogens (tertiary/aromatic N) is 3. The van der Waals surface area contributed by atoms with Crippen LogP contribution in [0.4, 0.5) is 5.69 Å². The van der Waals surface area contributed by atoms with Crippen LogP contribution in [-0.4, -0.2) is 35.8 Å². The van der Waals surface area contributed by atoms with Gasteiger partial charge in [0.05, 0.1) is 32.1 Å². The first-order valence-corrected chi connectivity index (χ1v) is 10.4. The molecule has 1 aliphatic heterocycles. The van der Waals surface area contributed by atoms with Gasteiger partial charge in [-0.1, -0.05) is 30.3 Å². The van der Waals surface area contributed by atoms with Crippen molar-refractivity contribution in [1.82, 2.24) is 4.57 Å². The number of fused-ring (bicyclic) bond motifs is 1. The lowest BCUT2D eigenvalue weighted by atomic mass is 10.1. The van der Waals surface area contributed by atoms with Crippen molar-refractivity contribution < 1.29 is 19.5 Å². The zero-order valence-corrected chi connectivity index (χ0v) is 17.2. The number of hydrogen-bond acceptors (Lipinski definition) is 4. The molecule has 1 saturated heterocycles. The van der Waals surface area contributed by atoms with E-state index < -0.39 is 0 Å². The number of rotatable bonds is 6. The smallest absolute Gasteiger partial charge is 0.269 e. The van der Waals surface area contributed by atoms with Gasteiger partial charge in [0.25, 0.3) is 5.91 Å². The van der Waals surface area contributed by atoms with E-state index in [0.29, 0.717) is 12.4 Å². The lowest BCUT2D eigenvalue weighted by molar-refractivity contribution is -0.927. The molecular formula is C23H27N4O3+. The maximum atomic E-state index is 12.3. The van der Waals surface area contributed by atoms with Crippen LogP contribution in [0.5, 0.6) is 11.6 Å². The molecule has 1 aliphatic rings. The molecule has 0 bridgehead atoms. The first kappa shape index (κ1) is 20.1. The van der Waals surface area contributed by atoms with Crippen LogP contribution >= 0.6 is 0 Å². The minimum Gasteiger partial charge on any atom is -0.497 e. The second-order valence-electron chi connectivity index (χ2n) is 7.70. The van der Waals surface area contributed by atoms with Gasteiger partial charge >= 0.3 is 0 Å². The number of methoxy groups -OCH3 is 1. The molecule has 0 unspecified atom stereocenters. The molecule has 7 nitrogen and oxygen atoms in total. The van der Waals surface area contributed by atoms with Crippen molar-refractivity contribution in [3.05, 3.63) is 54.1 Å². The normalized spacial score (nSPS) is 15.1. The van der Waals surface area contributed by atoms with Crippen molar-refractivity contribution >= 4 is 22.5 Å². The molecule has 0 spiro atoms. The average molecular weight is 407 g/mol. The fourth-order valence-electron chi connectivity index (χ4n) is 4.02. The quantitative estimate of drug-likeness (QED) is 0.616. The van der Waals surface area contributed by atoms with Crippen LogP contribution in [-0.2, 0) is 17.9 Å². The Bertz CT molecular complexity index is 1050. The maximum absolute atomic E-state index is 12.3. The summed E-state index contributed by atoms with van der Waals surface area (Å²) in [4.78, 5) is 13.8. The SMILES string of the molecule is COc1ccc(CC(=O)N=Nc2c(O)n(C[NH+]3CCCCC3)c3ccccc23)cc1. The summed E-state index contributed by atoms with van der Waals surface area (Å²) < 4.78 is 7.02. The number of para-hydroxylation sites is 1. The highest BCUT2D eigenvalue weighted by Crippen LogP contribution is 2.38. The minimum absolute atomic E-state index is 0.0651. The van der Waals surface area contributed by atoms with E-state index >= 15 is 0 Å². The Balaban J connectivity index is 1.55. The number of azo groups is 1. The zero-order valence-electron chi connectivity index (χ0n) is 17.2. The largest absolute Gasteiger partial charge is 0.497 e. The van der Waals surface area contributed by atoms with Gasteiger partial charge in [-0.25, -0.2) is 0 Å². The molecule has 156 valence electrons. The van der Waals surface area contributed by atoms with E-state index in [1.165, 1.54) is 24.2 Å². The molecule has 30 heavy (non-hydrogen) atoms. The van der Waals surface area contributed by atoms with Crippen LogP contribution in [0.1, 0.15) is 24.8 Å². The fraction of sp³-hybridized carbons (Fsp3) is 0.348. The van der Waals surface area contributed by atoms with Gasteiger partial charge in [0.15, 0.2) is 12.4 Å². The molecule has 1 amide bonds. The number of piperidine rings is 1. The summed E-state index contributed by atoms with van der Waals surface area (Å²) in [6, 6.07) is 15.0. The van der Waals surface area contributed by atoms with Crippen molar-refractivity contribution in [2.75, 3.05) is 20.2 Å². The first-order chi connectivity index (χ1) is 14.7. The van der Waals surface area contributed by atoms with Crippen LogP contribution in [0.25, 0.3) is 10.9 Å². The van der Waals surface area contributed by atoms with Crippen molar-refractivity contribution in [2.24, 2.45) is 10.2 Å². The van der Waals surface area contributed by atoms with Crippen LogP contribution in [0.2, 0.25) is 0 Å². The van der Waals surface area contributed by atoms with E-state index in [0.717, 1.165) is 35.3 Å². The summed E-state index contributed by atoms with van der Waals surface area (Å²) in [7, 11) is 1.60. The Morgan fingerprint density at radius 3 is 2.57 bits per heavy atom. The molecule has 2 N–H and O–H groups in total. The number of carbonyl (C=O) groups excluding carboxylic acids is 1. The third-order valence-corrected chi connectivity index (χ3v) is 5.64. The van der Waals surface area contributed by atoms with E-state index in [2.05, 4.69) is 10.2 Å². The van der Waals surface area contributed by atoms with Gasteiger partial charge in [0, 0.05) is 5.39 Å². The zero-order chi connectivity index (χ0) is 20.9. The number of hydrogen-bond donors (Lipinski definition) is 2. The summed E-state index contributed by atoms with van der Waals surface area (Å²) in [5, 5.41) is 19.7. The van der Waals surface area contributed by atoms with Gasteiger partial charge in [-0.15, -0.1) is 10.2 Å². The third-order valence-electron chi connectivity index (χ3n) is 5.64. The Kier molecular flexibility index (Phi) is 6.09. The number of nitrogens with one attached hydrogen (secondary N) is 1. The molecule has 0 aliphatic carbocycles. The second-order valence-corrected chi connectivity index (χ2v) is 7.70. The summed E-state index contributed by atoms with van der Waals surface area (Å²) in [6.07, 6.45) is 3.84. The molecule has 2 aromatic carbocycles. The van der Waals surface area contributed by atoms with E-state index in [-0.39, 0.29) is 18.2 Å². The highest BCUT2D eigenvalue weighted by atomic mass is 16.5. The summed E-state index contributed by atoms with van der Waals surface area (Å²) in [6.45, 7) is 2.88. The monoisotopic (exact) mass is 407 g/mol. The Morgan fingerprint density at radius 1 is 1.10 bits per heavy atom. The number of likely N-dealkylation sites (tertiary alicyclic amines) is 1. The van der Waals surface area contributed by atoms with Gasteiger partial charge in [-0.05, 0) is 43.0 Å². The minimum atomic E-state index is -0.363. The number of carbonyl (C=O) groups is 1. The van der Waals surface area contributed by atoms with Crippen molar-refractivity contribution in [2.45, 2.75) is 32.4 Å². The topological polar surface area (TPSA) is 80.6 Å². The highest BCUT2D eigenvalue weighted by Gasteiger charge is 2.21. The summed E-state index contributed by atoms with van der Waals surface area (Å²) >= 11 is 0. The molecule has 7 heteroatoms. The Labute approximate surface area is 175 Å². The van der Waals surface area contributed by atoms with Gasteiger partial charge in [-0.2, -0.15) is 0 Å². The molecule has 4 rings (SSSR count). The maximum Gasteiger partial charge on any atom is 0.269 e. The third kappa shape index (κ3) is 4.36. The van der Waals surface area contributed by atoms with Crippen LogP contribution < -0.4 is 9.64 Å². The fourth-order valence-corrected chi connectivity index (χ4v) is 4.02. The van der Waals surface area contributed by atoms with Gasteiger partial charge in [0.2, 0.25) is 5.88 Å². The number of quaternary nitrogens is 1. The molecule has 1 aromatic heterocycles. The van der Waals surface area contributed by atoms with Crippen molar-refractivity contribution in [1.29, 1.82) is 0 Å². The average Bonchev–Trinajstić information content (AvgIpc) is 3.04. The van der Waals surface area contributed by atoms with Gasteiger partial charge in [-0.3, -0.25) is 9.36 Å². The van der Waals surface area contributed by atoms with E-state index in [4.69, 9.17) is 4.74 Å². The summed E-state index contributed by atoms with van der Waals surface area (Å²) in [5.41, 5.74) is 2.09. The molecular weight excluding hydrogens is 380 g/mol. The van der Waals surface area contributed by atoms with Crippen molar-refractivity contribution in [3.63, 3.8) is 0 Å². The van der Waals surface area contributed by atoms with Crippen LogP contribution in [0.3, 0.4) is 0 Å². The van der Waals surface area contributed by atoms with Gasteiger partial charge in [0.1, 0.15) is 5.75 Å². The van der Waals surface area contributed by atoms with E-state index in [9.17, 15) is 9.90 Å². The van der Waals surface area contributed by atoms with Crippen LogP contribution in [0.15, 0.2) is 58.8 Å².